The van der Waals surface area contributed by atoms with Crippen LogP contribution in [0.1, 0.15) is 23.6 Å². The van der Waals surface area contributed by atoms with Crippen molar-refractivity contribution in [2.45, 2.75) is 18.9 Å². The van der Waals surface area contributed by atoms with Crippen LogP contribution in [-0.4, -0.2) is 33.2 Å². The number of amides is 1. The van der Waals surface area contributed by atoms with Crippen LogP contribution in [0.4, 0.5) is 4.39 Å². The molecule has 0 radical (unpaired) electrons. The number of hydrogen-bond donors (Lipinski definition) is 1. The third-order valence-corrected chi connectivity index (χ3v) is 4.05. The first kappa shape index (κ1) is 20.2. The van der Waals surface area contributed by atoms with Crippen LogP contribution in [0.5, 0.6) is 11.5 Å². The Kier molecular flexibility index (Phi) is 7.16. The fourth-order valence-corrected chi connectivity index (χ4v) is 2.61. The lowest BCUT2D eigenvalue weighted by Crippen LogP contribution is -2.31. The molecule has 0 bridgehead atoms. The Morgan fingerprint density at radius 1 is 1.04 bits per heavy atom. The number of rotatable bonds is 8. The first-order valence-corrected chi connectivity index (χ1v) is 8.29. The Morgan fingerprint density at radius 2 is 1.74 bits per heavy atom. The van der Waals surface area contributed by atoms with Crippen LogP contribution in [0.2, 0.25) is 0 Å². The summed E-state index contributed by atoms with van der Waals surface area (Å²) < 4.78 is 28.3. The number of hydrogen-bond acceptors (Lipinski definition) is 5. The quantitative estimate of drug-likeness (QED) is 0.718. The van der Waals surface area contributed by atoms with Crippen molar-refractivity contribution < 1.29 is 28.2 Å². The molecule has 0 aliphatic rings. The van der Waals surface area contributed by atoms with Crippen molar-refractivity contribution in [3.8, 4) is 11.5 Å². The van der Waals surface area contributed by atoms with E-state index in [-0.39, 0.29) is 18.7 Å². The maximum Gasteiger partial charge on any atom is 0.307 e. The van der Waals surface area contributed by atoms with E-state index in [1.54, 1.807) is 25.3 Å². The standard InChI is InChI=1S/C20H22FNO5/c1-25-16-9-6-14(18(11-16)26-2)10-19(23)22-17(12-20(24)27-3)13-4-7-15(21)8-5-13/h4-9,11,17H,10,12H2,1-3H3,(H,22,23). The first-order valence-electron chi connectivity index (χ1n) is 8.29. The van der Waals surface area contributed by atoms with Gasteiger partial charge in [-0.25, -0.2) is 4.39 Å². The molecule has 0 aromatic heterocycles. The SMILES string of the molecule is COC(=O)CC(NC(=O)Cc1ccc(OC)cc1OC)c1ccc(F)cc1. The lowest BCUT2D eigenvalue weighted by Gasteiger charge is -2.19. The lowest BCUT2D eigenvalue weighted by atomic mass is 10.0. The predicted octanol–water partition coefficient (Wildman–Crippen LogP) is 2.81. The van der Waals surface area contributed by atoms with E-state index in [0.717, 1.165) is 0 Å². The van der Waals surface area contributed by atoms with Gasteiger partial charge in [0.2, 0.25) is 5.91 Å². The molecule has 1 atom stereocenters. The third kappa shape index (κ3) is 5.70. The summed E-state index contributed by atoms with van der Waals surface area (Å²) in [6.45, 7) is 0. The Labute approximate surface area is 157 Å². The minimum absolute atomic E-state index is 0.0477. The zero-order chi connectivity index (χ0) is 19.8. The largest absolute Gasteiger partial charge is 0.497 e. The molecule has 0 heterocycles. The highest BCUT2D eigenvalue weighted by molar-refractivity contribution is 5.81. The molecule has 0 saturated carbocycles. The van der Waals surface area contributed by atoms with Gasteiger partial charge in [-0.05, 0) is 23.8 Å². The van der Waals surface area contributed by atoms with E-state index in [0.29, 0.717) is 22.6 Å². The summed E-state index contributed by atoms with van der Waals surface area (Å²) in [5.41, 5.74) is 1.28. The fourth-order valence-electron chi connectivity index (χ4n) is 2.61. The van der Waals surface area contributed by atoms with Crippen molar-refractivity contribution >= 4 is 11.9 Å². The Bertz CT molecular complexity index is 791. The van der Waals surface area contributed by atoms with Gasteiger partial charge < -0.3 is 19.5 Å². The third-order valence-electron chi connectivity index (χ3n) is 4.05. The smallest absolute Gasteiger partial charge is 0.307 e. The van der Waals surface area contributed by atoms with Crippen molar-refractivity contribution in [1.82, 2.24) is 5.32 Å². The number of benzene rings is 2. The number of nitrogens with one attached hydrogen (secondary N) is 1. The molecule has 6 nitrogen and oxygen atoms in total. The zero-order valence-electron chi connectivity index (χ0n) is 15.5. The second kappa shape index (κ2) is 9.56. The van der Waals surface area contributed by atoms with E-state index in [2.05, 4.69) is 10.1 Å². The van der Waals surface area contributed by atoms with Gasteiger partial charge in [0.25, 0.3) is 0 Å². The van der Waals surface area contributed by atoms with Crippen molar-refractivity contribution in [2.75, 3.05) is 21.3 Å². The van der Waals surface area contributed by atoms with Crippen molar-refractivity contribution in [2.24, 2.45) is 0 Å². The Hall–Kier alpha value is -3.09. The fraction of sp³-hybridized carbons (Fsp3) is 0.300. The van der Waals surface area contributed by atoms with Gasteiger partial charge in [-0.15, -0.1) is 0 Å². The molecule has 7 heteroatoms. The van der Waals surface area contributed by atoms with Crippen molar-refractivity contribution in [3.63, 3.8) is 0 Å². The molecule has 1 N–H and O–H groups in total. The average Bonchev–Trinajstić information content (AvgIpc) is 2.68. The van der Waals surface area contributed by atoms with E-state index in [9.17, 15) is 14.0 Å². The molecule has 0 aliphatic heterocycles. The Balaban J connectivity index is 2.15. The minimum atomic E-state index is -0.630. The molecule has 0 saturated heterocycles. The van der Waals surface area contributed by atoms with Gasteiger partial charge in [0, 0.05) is 11.6 Å². The van der Waals surface area contributed by atoms with E-state index < -0.39 is 17.8 Å². The van der Waals surface area contributed by atoms with Crippen LogP contribution in [0.15, 0.2) is 42.5 Å². The highest BCUT2D eigenvalue weighted by Crippen LogP contribution is 2.25. The van der Waals surface area contributed by atoms with Gasteiger partial charge >= 0.3 is 5.97 Å². The van der Waals surface area contributed by atoms with Crippen LogP contribution in [0.25, 0.3) is 0 Å². The number of esters is 1. The summed E-state index contributed by atoms with van der Waals surface area (Å²) in [4.78, 5) is 24.2. The van der Waals surface area contributed by atoms with E-state index in [1.807, 2.05) is 0 Å². The summed E-state index contributed by atoms with van der Waals surface area (Å²) in [7, 11) is 4.32. The minimum Gasteiger partial charge on any atom is -0.497 e. The highest BCUT2D eigenvalue weighted by Gasteiger charge is 2.20. The number of methoxy groups -OCH3 is 3. The topological polar surface area (TPSA) is 73.9 Å². The molecule has 2 aromatic carbocycles. The molecule has 144 valence electrons. The second-order valence-corrected chi connectivity index (χ2v) is 5.81. The van der Waals surface area contributed by atoms with Gasteiger partial charge in [0.1, 0.15) is 17.3 Å². The molecule has 2 aromatic rings. The Morgan fingerprint density at radius 3 is 2.33 bits per heavy atom. The maximum atomic E-state index is 13.2. The zero-order valence-corrected chi connectivity index (χ0v) is 15.5. The summed E-state index contributed by atoms with van der Waals surface area (Å²) >= 11 is 0. The molecular formula is C20H22FNO5. The van der Waals surface area contributed by atoms with Crippen LogP contribution >= 0.6 is 0 Å². The van der Waals surface area contributed by atoms with Gasteiger partial charge in [0.15, 0.2) is 0 Å². The van der Waals surface area contributed by atoms with Crippen LogP contribution in [0.3, 0.4) is 0 Å². The summed E-state index contributed by atoms with van der Waals surface area (Å²) in [5, 5.41) is 2.80. The van der Waals surface area contributed by atoms with Crippen LogP contribution < -0.4 is 14.8 Å². The monoisotopic (exact) mass is 375 g/mol. The molecule has 0 fully saturated rings. The predicted molar refractivity (Wildman–Crippen MR) is 97.2 cm³/mol. The van der Waals surface area contributed by atoms with Gasteiger partial charge in [-0.2, -0.15) is 0 Å². The van der Waals surface area contributed by atoms with E-state index in [4.69, 9.17) is 9.47 Å². The van der Waals surface area contributed by atoms with Crippen LogP contribution in [-0.2, 0) is 20.7 Å². The number of ether oxygens (including phenoxy) is 3. The summed E-state index contributed by atoms with van der Waals surface area (Å²) in [5.74, 6) is -0.0464. The summed E-state index contributed by atoms with van der Waals surface area (Å²) in [6, 6.07) is 10.1. The van der Waals surface area contributed by atoms with Crippen molar-refractivity contribution in [1.29, 1.82) is 0 Å². The normalized spacial score (nSPS) is 11.4. The molecule has 0 spiro atoms. The average molecular weight is 375 g/mol. The number of carbonyl (C=O) groups is 2. The van der Waals surface area contributed by atoms with Crippen molar-refractivity contribution in [3.05, 3.63) is 59.4 Å². The molecule has 2 rings (SSSR count). The van der Waals surface area contributed by atoms with Gasteiger partial charge in [0.05, 0.1) is 40.2 Å². The highest BCUT2D eigenvalue weighted by atomic mass is 19.1. The lowest BCUT2D eigenvalue weighted by molar-refractivity contribution is -0.141. The van der Waals surface area contributed by atoms with Gasteiger partial charge in [-0.3, -0.25) is 9.59 Å². The molecule has 1 amide bonds. The molecule has 1 unspecified atom stereocenters. The molecule has 0 aliphatic carbocycles. The number of halogens is 1. The van der Waals surface area contributed by atoms with E-state index >= 15 is 0 Å². The van der Waals surface area contributed by atoms with Gasteiger partial charge in [-0.1, -0.05) is 18.2 Å². The maximum absolute atomic E-state index is 13.2. The van der Waals surface area contributed by atoms with Crippen LogP contribution in [0, 0.1) is 5.82 Å². The first-order chi connectivity index (χ1) is 13.0. The van der Waals surface area contributed by atoms with E-state index in [1.165, 1.54) is 38.5 Å². The second-order valence-electron chi connectivity index (χ2n) is 5.81. The molecular weight excluding hydrogens is 353 g/mol. The summed E-state index contributed by atoms with van der Waals surface area (Å²) in [6.07, 6.45) is -0.0142. The number of carbonyl (C=O) groups excluding carboxylic acids is 2. The molecule has 27 heavy (non-hydrogen) atoms.